The van der Waals surface area contributed by atoms with Crippen LogP contribution < -0.4 is 5.32 Å². The maximum atomic E-state index is 12.9. The zero-order chi connectivity index (χ0) is 19.0. The smallest absolute Gasteiger partial charge is 0.251 e. The second kappa shape index (κ2) is 6.93. The number of hydrogen-bond acceptors (Lipinski definition) is 4. The van der Waals surface area contributed by atoms with Crippen molar-refractivity contribution in [3.8, 4) is 0 Å². The SMILES string of the molecule is O=C(NCC1CCCCC1)c1ccc2c(c1)S(=O)(=O)c1ccccc1C2=O. The number of rotatable bonds is 3. The third-order valence-electron chi connectivity index (χ3n) is 5.48. The molecule has 1 saturated carbocycles. The van der Waals surface area contributed by atoms with E-state index in [9.17, 15) is 18.0 Å². The fourth-order valence-corrected chi connectivity index (χ4v) is 5.63. The summed E-state index contributed by atoms with van der Waals surface area (Å²) in [7, 11) is -3.83. The fourth-order valence-electron chi connectivity index (χ4n) is 3.96. The fraction of sp³-hybridized carbons (Fsp3) is 0.333. The molecule has 0 saturated heterocycles. The molecule has 27 heavy (non-hydrogen) atoms. The Kier molecular flexibility index (Phi) is 4.60. The van der Waals surface area contributed by atoms with Crippen LogP contribution >= 0.6 is 0 Å². The number of fused-ring (bicyclic) bond motifs is 2. The second-order valence-corrected chi connectivity index (χ2v) is 9.14. The largest absolute Gasteiger partial charge is 0.352 e. The van der Waals surface area contributed by atoms with Crippen LogP contribution in [0.2, 0.25) is 0 Å². The van der Waals surface area contributed by atoms with Crippen molar-refractivity contribution < 1.29 is 18.0 Å². The first-order valence-corrected chi connectivity index (χ1v) is 10.8. The minimum atomic E-state index is -3.83. The summed E-state index contributed by atoms with van der Waals surface area (Å²) in [5.41, 5.74) is 0.567. The summed E-state index contributed by atoms with van der Waals surface area (Å²) in [5, 5.41) is 2.91. The van der Waals surface area contributed by atoms with E-state index in [1.165, 1.54) is 49.6 Å². The zero-order valence-corrected chi connectivity index (χ0v) is 15.7. The Morgan fingerprint density at radius 2 is 1.67 bits per heavy atom. The highest BCUT2D eigenvalue weighted by Gasteiger charge is 2.35. The molecule has 0 atom stereocenters. The van der Waals surface area contributed by atoms with Gasteiger partial charge in [-0.05, 0) is 49.1 Å². The first kappa shape index (κ1) is 17.9. The number of benzene rings is 2. The molecule has 140 valence electrons. The zero-order valence-electron chi connectivity index (χ0n) is 14.9. The molecule has 1 aliphatic carbocycles. The third-order valence-corrected chi connectivity index (χ3v) is 7.33. The summed E-state index contributed by atoms with van der Waals surface area (Å²) in [6.45, 7) is 0.602. The topological polar surface area (TPSA) is 80.3 Å². The van der Waals surface area contributed by atoms with Gasteiger partial charge >= 0.3 is 0 Å². The average Bonchev–Trinajstić information content (AvgIpc) is 2.71. The number of amides is 1. The van der Waals surface area contributed by atoms with Crippen LogP contribution in [0.25, 0.3) is 0 Å². The summed E-state index contributed by atoms with van der Waals surface area (Å²) in [5.74, 6) is -0.146. The Hall–Kier alpha value is -2.47. The van der Waals surface area contributed by atoms with E-state index < -0.39 is 9.84 Å². The van der Waals surface area contributed by atoms with Crippen LogP contribution in [-0.4, -0.2) is 26.7 Å². The number of carbonyl (C=O) groups is 2. The predicted octanol–water partition coefficient (Wildman–Crippen LogP) is 3.37. The molecule has 2 aliphatic rings. The highest BCUT2D eigenvalue weighted by molar-refractivity contribution is 7.91. The number of ketones is 1. The van der Waals surface area contributed by atoms with E-state index in [0.29, 0.717) is 12.5 Å². The quantitative estimate of drug-likeness (QED) is 0.752. The van der Waals surface area contributed by atoms with Gasteiger partial charge in [-0.15, -0.1) is 0 Å². The van der Waals surface area contributed by atoms with Crippen molar-refractivity contribution in [2.75, 3.05) is 6.54 Å². The van der Waals surface area contributed by atoms with Gasteiger partial charge < -0.3 is 5.32 Å². The summed E-state index contributed by atoms with van der Waals surface area (Å²) >= 11 is 0. The molecule has 1 N–H and O–H groups in total. The van der Waals surface area contributed by atoms with E-state index in [0.717, 1.165) is 12.8 Å². The molecule has 1 aliphatic heterocycles. The molecular weight excluding hydrogens is 362 g/mol. The molecule has 1 amide bonds. The molecular formula is C21H21NO4S. The van der Waals surface area contributed by atoms with Crippen molar-refractivity contribution in [2.24, 2.45) is 5.92 Å². The number of hydrogen-bond donors (Lipinski definition) is 1. The predicted molar refractivity (Wildman–Crippen MR) is 101 cm³/mol. The Balaban J connectivity index is 1.62. The first-order chi connectivity index (χ1) is 13.0. The van der Waals surface area contributed by atoms with Crippen LogP contribution in [0.3, 0.4) is 0 Å². The van der Waals surface area contributed by atoms with Crippen molar-refractivity contribution in [1.29, 1.82) is 0 Å². The second-order valence-electron chi connectivity index (χ2n) is 7.25. The van der Waals surface area contributed by atoms with E-state index in [1.54, 1.807) is 12.1 Å². The van der Waals surface area contributed by atoms with Crippen molar-refractivity contribution in [3.63, 3.8) is 0 Å². The van der Waals surface area contributed by atoms with E-state index >= 15 is 0 Å². The van der Waals surface area contributed by atoms with E-state index in [-0.39, 0.29) is 38.2 Å². The highest BCUT2D eigenvalue weighted by atomic mass is 32.2. The maximum Gasteiger partial charge on any atom is 0.251 e. The Morgan fingerprint density at radius 1 is 0.963 bits per heavy atom. The Labute approximate surface area is 158 Å². The lowest BCUT2D eigenvalue weighted by molar-refractivity contribution is 0.0941. The molecule has 0 spiro atoms. The van der Waals surface area contributed by atoms with Crippen molar-refractivity contribution in [1.82, 2.24) is 5.32 Å². The maximum absolute atomic E-state index is 12.9. The standard InChI is InChI=1S/C21H21NO4S/c23-20-16-8-4-5-9-18(16)27(25,26)19-12-15(10-11-17(19)20)21(24)22-13-14-6-2-1-3-7-14/h4-5,8-12,14H,1-3,6-7,13H2,(H,22,24). The van der Waals surface area contributed by atoms with Gasteiger partial charge in [0.15, 0.2) is 5.78 Å². The van der Waals surface area contributed by atoms with Crippen LogP contribution in [0.4, 0.5) is 0 Å². The van der Waals surface area contributed by atoms with Crippen LogP contribution in [0.1, 0.15) is 58.4 Å². The third kappa shape index (κ3) is 3.18. The normalized spacial score (nSPS) is 18.4. The number of sulfone groups is 1. The molecule has 5 nitrogen and oxygen atoms in total. The van der Waals surface area contributed by atoms with Gasteiger partial charge in [0.25, 0.3) is 5.91 Å². The van der Waals surface area contributed by atoms with Crippen molar-refractivity contribution in [2.45, 2.75) is 41.9 Å². The van der Waals surface area contributed by atoms with Crippen LogP contribution in [0, 0.1) is 5.92 Å². The number of carbonyl (C=O) groups excluding carboxylic acids is 2. The summed E-state index contributed by atoms with van der Waals surface area (Å²) in [6, 6.07) is 10.5. The van der Waals surface area contributed by atoms with Gasteiger partial charge in [-0.2, -0.15) is 0 Å². The lowest BCUT2D eigenvalue weighted by Gasteiger charge is -2.22. The molecule has 6 heteroatoms. The molecule has 2 aromatic carbocycles. The lowest BCUT2D eigenvalue weighted by Crippen LogP contribution is -2.30. The van der Waals surface area contributed by atoms with Gasteiger partial charge in [-0.1, -0.05) is 31.4 Å². The van der Waals surface area contributed by atoms with Crippen LogP contribution in [0.15, 0.2) is 52.3 Å². The van der Waals surface area contributed by atoms with Gasteiger partial charge in [0.2, 0.25) is 9.84 Å². The summed E-state index contributed by atoms with van der Waals surface area (Å²) < 4.78 is 25.9. The molecule has 0 bridgehead atoms. The van der Waals surface area contributed by atoms with E-state index in [2.05, 4.69) is 5.32 Å². The van der Waals surface area contributed by atoms with Gasteiger partial charge in [0, 0.05) is 23.2 Å². The molecule has 0 radical (unpaired) electrons. The molecule has 2 aromatic rings. The molecule has 0 aromatic heterocycles. The summed E-state index contributed by atoms with van der Waals surface area (Å²) in [4.78, 5) is 25.1. The Morgan fingerprint density at radius 3 is 2.44 bits per heavy atom. The van der Waals surface area contributed by atoms with Gasteiger partial charge in [-0.25, -0.2) is 8.42 Å². The van der Waals surface area contributed by atoms with Gasteiger partial charge in [0.1, 0.15) is 0 Å². The Bertz CT molecular complexity index is 1020. The molecule has 0 unspecified atom stereocenters. The molecule has 1 heterocycles. The van der Waals surface area contributed by atoms with Crippen LogP contribution in [-0.2, 0) is 9.84 Å². The highest BCUT2D eigenvalue weighted by Crippen LogP contribution is 2.34. The minimum absolute atomic E-state index is 0.00210. The first-order valence-electron chi connectivity index (χ1n) is 9.29. The van der Waals surface area contributed by atoms with Crippen LogP contribution in [0.5, 0.6) is 0 Å². The minimum Gasteiger partial charge on any atom is -0.352 e. The van der Waals surface area contributed by atoms with E-state index in [1.807, 2.05) is 0 Å². The summed E-state index contributed by atoms with van der Waals surface area (Å²) in [6.07, 6.45) is 5.87. The lowest BCUT2D eigenvalue weighted by atomic mass is 9.89. The van der Waals surface area contributed by atoms with Gasteiger partial charge in [-0.3, -0.25) is 9.59 Å². The van der Waals surface area contributed by atoms with Crippen molar-refractivity contribution >= 4 is 21.5 Å². The monoisotopic (exact) mass is 383 g/mol. The van der Waals surface area contributed by atoms with Crippen molar-refractivity contribution in [3.05, 3.63) is 59.2 Å². The van der Waals surface area contributed by atoms with E-state index in [4.69, 9.17) is 0 Å². The molecule has 1 fully saturated rings. The average molecular weight is 383 g/mol. The molecule has 4 rings (SSSR count). The van der Waals surface area contributed by atoms with Gasteiger partial charge in [0.05, 0.1) is 9.79 Å². The number of nitrogens with one attached hydrogen (secondary N) is 1.